The number of carbonyl (C=O) groups is 3. The maximum absolute atomic E-state index is 12.1. The number of esters is 2. The molecule has 3 N–H and O–H groups in total. The third-order valence-corrected chi connectivity index (χ3v) is 6.35. The molecule has 1 amide bonds. The molecule has 0 fully saturated rings. The quantitative estimate of drug-likeness (QED) is 0.222. The van der Waals surface area contributed by atoms with E-state index in [-0.39, 0.29) is 5.91 Å². The molecule has 7 nitrogen and oxygen atoms in total. The number of nitrogens with one attached hydrogen (secondary N) is 1. The van der Waals surface area contributed by atoms with Crippen molar-refractivity contribution >= 4 is 39.4 Å². The van der Waals surface area contributed by atoms with Crippen molar-refractivity contribution in [1.29, 1.82) is 0 Å². The summed E-state index contributed by atoms with van der Waals surface area (Å²) in [7, 11) is 5.29. The van der Waals surface area contributed by atoms with Crippen molar-refractivity contribution in [3.05, 3.63) is 0 Å². The van der Waals surface area contributed by atoms with Crippen LogP contribution in [0.3, 0.4) is 0 Å². The van der Waals surface area contributed by atoms with Crippen LogP contribution in [0.15, 0.2) is 0 Å². The first-order valence-corrected chi connectivity index (χ1v) is 11.9. The van der Waals surface area contributed by atoms with Crippen LogP contribution in [0.2, 0.25) is 0 Å². The predicted molar refractivity (Wildman–Crippen MR) is 111 cm³/mol. The summed E-state index contributed by atoms with van der Waals surface area (Å²) in [6, 6.07) is -1.42. The minimum Gasteiger partial charge on any atom is -0.468 e. The minimum absolute atomic E-state index is 0.143. The van der Waals surface area contributed by atoms with Gasteiger partial charge in [-0.25, -0.2) is 4.79 Å². The van der Waals surface area contributed by atoms with Gasteiger partial charge in [0.25, 0.3) is 0 Å². The van der Waals surface area contributed by atoms with Crippen LogP contribution < -0.4 is 11.1 Å². The number of rotatable bonds is 16. The van der Waals surface area contributed by atoms with Crippen molar-refractivity contribution < 1.29 is 23.9 Å². The van der Waals surface area contributed by atoms with E-state index in [4.69, 9.17) is 10.5 Å². The zero-order chi connectivity index (χ0) is 20.5. The number of unbranched alkanes of at least 4 members (excludes halogenated alkanes) is 6. The van der Waals surface area contributed by atoms with Gasteiger partial charge < -0.3 is 20.5 Å². The van der Waals surface area contributed by atoms with Crippen LogP contribution in [0.5, 0.6) is 0 Å². The Morgan fingerprint density at radius 1 is 0.889 bits per heavy atom. The average Bonchev–Trinajstić information content (AvgIpc) is 2.67. The number of amides is 1. The Kier molecular flexibility index (Phi) is 16.6. The molecular formula is C18H34N2O5S2. The van der Waals surface area contributed by atoms with Crippen LogP contribution in [-0.2, 0) is 23.9 Å². The van der Waals surface area contributed by atoms with Crippen molar-refractivity contribution in [3.8, 4) is 0 Å². The van der Waals surface area contributed by atoms with E-state index in [0.29, 0.717) is 17.9 Å². The Morgan fingerprint density at radius 2 is 1.44 bits per heavy atom. The molecule has 0 aromatic rings. The van der Waals surface area contributed by atoms with Crippen molar-refractivity contribution in [2.45, 2.75) is 70.4 Å². The number of hydrogen-bond donors (Lipinski definition) is 2. The molecule has 0 heterocycles. The van der Waals surface area contributed by atoms with Gasteiger partial charge in [0.15, 0.2) is 0 Å². The van der Waals surface area contributed by atoms with Crippen molar-refractivity contribution in [1.82, 2.24) is 5.32 Å². The fourth-order valence-corrected chi connectivity index (χ4v) is 4.53. The zero-order valence-corrected chi connectivity index (χ0v) is 18.3. The van der Waals surface area contributed by atoms with Gasteiger partial charge in [0.05, 0.1) is 14.2 Å². The number of carbonyl (C=O) groups excluding carboxylic acids is 3. The highest BCUT2D eigenvalue weighted by molar-refractivity contribution is 8.76. The SMILES string of the molecule is CCCCCCCCCC(=O)N[C@@H](CSSCC(N)C(=O)OC)C(=O)OC. The maximum Gasteiger partial charge on any atom is 0.329 e. The van der Waals surface area contributed by atoms with Crippen LogP contribution in [0.25, 0.3) is 0 Å². The molecule has 158 valence electrons. The number of hydrogen-bond acceptors (Lipinski definition) is 8. The normalized spacial score (nSPS) is 12.9. The van der Waals surface area contributed by atoms with E-state index in [1.807, 2.05) is 0 Å². The van der Waals surface area contributed by atoms with Gasteiger partial charge in [-0.15, -0.1) is 0 Å². The van der Waals surface area contributed by atoms with Gasteiger partial charge in [-0.05, 0) is 6.42 Å². The largest absolute Gasteiger partial charge is 0.468 e. The van der Waals surface area contributed by atoms with E-state index in [2.05, 4.69) is 17.0 Å². The average molecular weight is 423 g/mol. The lowest BCUT2D eigenvalue weighted by Crippen LogP contribution is -2.43. The second-order valence-corrected chi connectivity index (χ2v) is 8.77. The Balaban J connectivity index is 4.06. The highest BCUT2D eigenvalue weighted by atomic mass is 33.1. The van der Waals surface area contributed by atoms with Gasteiger partial charge in [-0.3, -0.25) is 9.59 Å². The summed E-state index contributed by atoms with van der Waals surface area (Å²) < 4.78 is 9.31. The second kappa shape index (κ2) is 17.2. The van der Waals surface area contributed by atoms with Gasteiger partial charge in [-0.1, -0.05) is 67.0 Å². The number of ether oxygens (including phenoxy) is 2. The maximum atomic E-state index is 12.1. The summed E-state index contributed by atoms with van der Waals surface area (Å²) in [5.41, 5.74) is 5.65. The summed E-state index contributed by atoms with van der Waals surface area (Å²) in [5, 5.41) is 2.73. The molecule has 0 spiro atoms. The van der Waals surface area contributed by atoms with Crippen LogP contribution >= 0.6 is 21.6 Å². The predicted octanol–water partition coefficient (Wildman–Crippen LogP) is 2.67. The molecule has 0 aromatic carbocycles. The molecule has 0 bridgehead atoms. The topological polar surface area (TPSA) is 108 Å². The molecule has 2 atom stereocenters. The lowest BCUT2D eigenvalue weighted by molar-refractivity contribution is -0.144. The smallest absolute Gasteiger partial charge is 0.329 e. The molecule has 0 aromatic heterocycles. The number of methoxy groups -OCH3 is 2. The van der Waals surface area contributed by atoms with Gasteiger partial charge in [0, 0.05) is 17.9 Å². The van der Waals surface area contributed by atoms with Gasteiger partial charge in [-0.2, -0.15) is 0 Å². The van der Waals surface area contributed by atoms with Crippen LogP contribution in [0, 0.1) is 0 Å². The molecule has 0 radical (unpaired) electrons. The van der Waals surface area contributed by atoms with Gasteiger partial charge in [0.2, 0.25) is 5.91 Å². The highest BCUT2D eigenvalue weighted by Gasteiger charge is 2.22. The fraction of sp³-hybridized carbons (Fsp3) is 0.833. The molecule has 1 unspecified atom stereocenters. The Hall–Kier alpha value is -0.930. The summed E-state index contributed by atoms with van der Waals surface area (Å²) in [6.45, 7) is 2.19. The molecule has 0 saturated carbocycles. The first kappa shape index (κ1) is 26.1. The van der Waals surface area contributed by atoms with Crippen LogP contribution in [0.1, 0.15) is 58.3 Å². The van der Waals surface area contributed by atoms with Crippen molar-refractivity contribution in [3.63, 3.8) is 0 Å². The Bertz CT molecular complexity index is 438. The monoisotopic (exact) mass is 422 g/mol. The molecule has 0 rings (SSSR count). The van der Waals surface area contributed by atoms with E-state index < -0.39 is 24.0 Å². The molecule has 0 aliphatic carbocycles. The molecule has 27 heavy (non-hydrogen) atoms. The van der Waals surface area contributed by atoms with E-state index in [9.17, 15) is 14.4 Å². The van der Waals surface area contributed by atoms with E-state index in [1.165, 1.54) is 61.5 Å². The lowest BCUT2D eigenvalue weighted by atomic mass is 10.1. The first-order chi connectivity index (χ1) is 13.0. The second-order valence-electron chi connectivity index (χ2n) is 6.21. The lowest BCUT2D eigenvalue weighted by Gasteiger charge is -2.16. The number of nitrogens with two attached hydrogens (primary N) is 1. The summed E-state index contributed by atoms with van der Waals surface area (Å²) in [5.74, 6) is -0.398. The molecule has 0 aliphatic heterocycles. The van der Waals surface area contributed by atoms with Crippen LogP contribution in [-0.4, -0.2) is 55.7 Å². The third-order valence-electron chi connectivity index (χ3n) is 3.90. The molecule has 0 saturated heterocycles. The Labute approximate surface area is 170 Å². The van der Waals surface area contributed by atoms with Crippen molar-refractivity contribution in [2.24, 2.45) is 5.73 Å². The summed E-state index contributed by atoms with van der Waals surface area (Å²) in [4.78, 5) is 35.1. The van der Waals surface area contributed by atoms with Gasteiger partial charge in [0.1, 0.15) is 12.1 Å². The molecule has 9 heteroatoms. The van der Waals surface area contributed by atoms with E-state index in [0.717, 1.165) is 19.3 Å². The standard InChI is InChI=1S/C18H34N2O5S2/c1-4-5-6-7-8-9-10-11-16(21)20-15(18(23)25-3)13-27-26-12-14(19)17(22)24-2/h14-15H,4-13,19H2,1-3H3,(H,20,21)/t14?,15-/m0/s1. The molecule has 0 aliphatic rings. The van der Waals surface area contributed by atoms with E-state index >= 15 is 0 Å². The third kappa shape index (κ3) is 13.8. The minimum atomic E-state index is -0.712. The Morgan fingerprint density at radius 3 is 2.04 bits per heavy atom. The zero-order valence-electron chi connectivity index (χ0n) is 16.7. The summed E-state index contributed by atoms with van der Waals surface area (Å²) in [6.07, 6.45) is 8.35. The first-order valence-electron chi connectivity index (χ1n) is 9.41. The van der Waals surface area contributed by atoms with E-state index in [1.54, 1.807) is 0 Å². The summed E-state index contributed by atoms with van der Waals surface area (Å²) >= 11 is 0. The van der Waals surface area contributed by atoms with Gasteiger partial charge >= 0.3 is 11.9 Å². The van der Waals surface area contributed by atoms with Crippen LogP contribution in [0.4, 0.5) is 0 Å². The fourth-order valence-electron chi connectivity index (χ4n) is 2.28. The van der Waals surface area contributed by atoms with Crippen molar-refractivity contribution in [2.75, 3.05) is 25.7 Å². The highest BCUT2D eigenvalue weighted by Crippen LogP contribution is 2.23. The molecular weight excluding hydrogens is 388 g/mol.